The van der Waals surface area contributed by atoms with Crippen LogP contribution < -0.4 is 11.1 Å². The minimum atomic E-state index is -2.96. The molecule has 1 saturated heterocycles. The van der Waals surface area contributed by atoms with Crippen LogP contribution in [0.3, 0.4) is 0 Å². The zero-order chi connectivity index (χ0) is 12.6. The lowest BCUT2D eigenvalue weighted by molar-refractivity contribution is -0.125. The highest BCUT2D eigenvalue weighted by molar-refractivity contribution is 7.91. The van der Waals surface area contributed by atoms with E-state index in [-0.39, 0.29) is 28.9 Å². The van der Waals surface area contributed by atoms with E-state index in [4.69, 9.17) is 5.73 Å². The van der Waals surface area contributed by atoms with Crippen molar-refractivity contribution in [2.75, 3.05) is 11.5 Å². The van der Waals surface area contributed by atoms with Crippen LogP contribution in [0.1, 0.15) is 27.2 Å². The van der Waals surface area contributed by atoms with Crippen LogP contribution in [0.25, 0.3) is 0 Å². The van der Waals surface area contributed by atoms with Crippen molar-refractivity contribution in [1.82, 2.24) is 5.32 Å². The standard InChI is InChI=1S/C10H20N2O3S/c1-10(2,3)8(11)9(13)12-7-4-5-16(14,15)6-7/h7-8H,4-6,11H2,1-3H3,(H,12,13)/t7?,8-/m0/s1. The van der Waals surface area contributed by atoms with Crippen molar-refractivity contribution in [3.8, 4) is 0 Å². The summed E-state index contributed by atoms with van der Waals surface area (Å²) in [4.78, 5) is 11.7. The summed E-state index contributed by atoms with van der Waals surface area (Å²) < 4.78 is 22.4. The average molecular weight is 248 g/mol. The Morgan fingerprint density at radius 1 is 1.44 bits per heavy atom. The lowest BCUT2D eigenvalue weighted by atomic mass is 9.87. The van der Waals surface area contributed by atoms with E-state index < -0.39 is 15.9 Å². The van der Waals surface area contributed by atoms with E-state index in [1.54, 1.807) is 0 Å². The van der Waals surface area contributed by atoms with Crippen LogP contribution in [0.4, 0.5) is 0 Å². The van der Waals surface area contributed by atoms with Crippen molar-refractivity contribution in [1.29, 1.82) is 0 Å². The van der Waals surface area contributed by atoms with Crippen molar-refractivity contribution >= 4 is 15.7 Å². The van der Waals surface area contributed by atoms with Gasteiger partial charge in [-0.2, -0.15) is 0 Å². The Morgan fingerprint density at radius 3 is 2.38 bits per heavy atom. The van der Waals surface area contributed by atoms with Gasteiger partial charge in [0.15, 0.2) is 9.84 Å². The van der Waals surface area contributed by atoms with E-state index in [1.807, 2.05) is 20.8 Å². The Morgan fingerprint density at radius 2 is 2.00 bits per heavy atom. The summed E-state index contributed by atoms with van der Waals surface area (Å²) in [6.45, 7) is 5.63. The van der Waals surface area contributed by atoms with E-state index in [9.17, 15) is 13.2 Å². The molecule has 1 rings (SSSR count). The Bertz CT molecular complexity index is 370. The molecule has 1 fully saturated rings. The molecule has 94 valence electrons. The quantitative estimate of drug-likeness (QED) is 0.700. The molecule has 16 heavy (non-hydrogen) atoms. The van der Waals surface area contributed by atoms with Gasteiger partial charge in [-0.15, -0.1) is 0 Å². The molecule has 1 aliphatic heterocycles. The maximum Gasteiger partial charge on any atom is 0.237 e. The smallest absolute Gasteiger partial charge is 0.237 e. The van der Waals surface area contributed by atoms with Crippen molar-refractivity contribution < 1.29 is 13.2 Å². The first-order valence-corrected chi connectivity index (χ1v) is 7.20. The Balaban J connectivity index is 2.54. The van der Waals surface area contributed by atoms with Gasteiger partial charge in [-0.25, -0.2) is 8.42 Å². The molecule has 5 nitrogen and oxygen atoms in total. The van der Waals surface area contributed by atoms with Gasteiger partial charge in [-0.1, -0.05) is 20.8 Å². The van der Waals surface area contributed by atoms with Gasteiger partial charge in [0.25, 0.3) is 0 Å². The molecule has 0 aromatic rings. The number of rotatable bonds is 2. The molecule has 1 amide bonds. The molecule has 1 aliphatic rings. The van der Waals surface area contributed by atoms with Crippen molar-refractivity contribution in [3.63, 3.8) is 0 Å². The molecule has 6 heteroatoms. The van der Waals surface area contributed by atoms with Crippen LogP contribution in [-0.2, 0) is 14.6 Å². The van der Waals surface area contributed by atoms with E-state index in [2.05, 4.69) is 5.32 Å². The van der Waals surface area contributed by atoms with E-state index in [1.165, 1.54) is 0 Å². The fraction of sp³-hybridized carbons (Fsp3) is 0.900. The monoisotopic (exact) mass is 248 g/mol. The summed E-state index contributed by atoms with van der Waals surface area (Å²) in [6, 6.07) is -0.887. The molecule has 0 bridgehead atoms. The largest absolute Gasteiger partial charge is 0.351 e. The second-order valence-electron chi connectivity index (χ2n) is 5.45. The van der Waals surface area contributed by atoms with Crippen LogP contribution in [0.5, 0.6) is 0 Å². The number of nitrogens with one attached hydrogen (secondary N) is 1. The third-order valence-electron chi connectivity index (χ3n) is 2.79. The predicted molar refractivity (Wildman–Crippen MR) is 62.6 cm³/mol. The van der Waals surface area contributed by atoms with E-state index in [0.717, 1.165) is 0 Å². The second kappa shape index (κ2) is 4.33. The molecular formula is C10H20N2O3S. The predicted octanol–water partition coefficient (Wildman–Crippen LogP) is -0.337. The molecule has 3 N–H and O–H groups in total. The molecule has 0 radical (unpaired) electrons. The number of hydrogen-bond acceptors (Lipinski definition) is 4. The van der Waals surface area contributed by atoms with Crippen molar-refractivity contribution in [2.24, 2.45) is 11.1 Å². The zero-order valence-electron chi connectivity index (χ0n) is 9.99. The van der Waals surface area contributed by atoms with Gasteiger partial charge in [-0.05, 0) is 11.8 Å². The highest BCUT2D eigenvalue weighted by Gasteiger charge is 2.33. The summed E-state index contributed by atoms with van der Waals surface area (Å²) in [6.07, 6.45) is 0.491. The average Bonchev–Trinajstić information content (AvgIpc) is 2.42. The molecule has 0 aromatic carbocycles. The number of sulfone groups is 1. The van der Waals surface area contributed by atoms with Gasteiger partial charge < -0.3 is 11.1 Å². The minimum absolute atomic E-state index is 0.0373. The Hall–Kier alpha value is -0.620. The lowest BCUT2D eigenvalue weighted by Crippen LogP contribution is -2.51. The molecule has 0 saturated carbocycles. The van der Waals surface area contributed by atoms with Gasteiger partial charge in [0.1, 0.15) is 0 Å². The third kappa shape index (κ3) is 3.45. The molecular weight excluding hydrogens is 228 g/mol. The first-order chi connectivity index (χ1) is 7.12. The van der Waals surface area contributed by atoms with Gasteiger partial charge in [0.2, 0.25) is 5.91 Å². The first kappa shape index (κ1) is 13.4. The van der Waals surface area contributed by atoms with Crippen LogP contribution in [0.15, 0.2) is 0 Å². The molecule has 0 aromatic heterocycles. The maximum atomic E-state index is 11.7. The van der Waals surface area contributed by atoms with E-state index >= 15 is 0 Å². The highest BCUT2D eigenvalue weighted by atomic mass is 32.2. The summed E-state index contributed by atoms with van der Waals surface area (Å²) >= 11 is 0. The fourth-order valence-corrected chi connectivity index (χ4v) is 3.27. The van der Waals surface area contributed by atoms with Crippen molar-refractivity contribution in [3.05, 3.63) is 0 Å². The number of amides is 1. The summed E-state index contributed by atoms with van der Waals surface area (Å²) in [5.74, 6) is -0.0761. The van der Waals surface area contributed by atoms with Crippen LogP contribution in [0.2, 0.25) is 0 Å². The number of carbonyl (C=O) groups is 1. The topological polar surface area (TPSA) is 89.3 Å². The van der Waals surface area contributed by atoms with Gasteiger partial charge >= 0.3 is 0 Å². The van der Waals surface area contributed by atoms with Gasteiger partial charge in [0.05, 0.1) is 17.5 Å². The highest BCUT2D eigenvalue weighted by Crippen LogP contribution is 2.18. The number of nitrogens with two attached hydrogens (primary N) is 1. The first-order valence-electron chi connectivity index (χ1n) is 5.38. The normalized spacial score (nSPS) is 26.4. The number of hydrogen-bond donors (Lipinski definition) is 2. The molecule has 0 spiro atoms. The lowest BCUT2D eigenvalue weighted by Gasteiger charge is -2.27. The zero-order valence-corrected chi connectivity index (χ0v) is 10.8. The molecule has 1 heterocycles. The second-order valence-corrected chi connectivity index (χ2v) is 7.68. The Labute approximate surface area is 96.7 Å². The van der Waals surface area contributed by atoms with Gasteiger partial charge in [0, 0.05) is 6.04 Å². The molecule has 2 atom stereocenters. The molecule has 0 aliphatic carbocycles. The van der Waals surface area contributed by atoms with Crippen LogP contribution in [0, 0.1) is 5.41 Å². The fourth-order valence-electron chi connectivity index (χ4n) is 1.59. The molecule has 1 unspecified atom stereocenters. The Kier molecular flexibility index (Phi) is 3.64. The maximum absolute atomic E-state index is 11.7. The van der Waals surface area contributed by atoms with Gasteiger partial charge in [-0.3, -0.25) is 4.79 Å². The third-order valence-corrected chi connectivity index (χ3v) is 4.56. The summed E-state index contributed by atoms with van der Waals surface area (Å²) in [5, 5.41) is 2.70. The SMILES string of the molecule is CC(C)(C)[C@@H](N)C(=O)NC1CCS(=O)(=O)C1. The number of carbonyl (C=O) groups excluding carboxylic acids is 1. The minimum Gasteiger partial charge on any atom is -0.351 e. The summed E-state index contributed by atoms with van der Waals surface area (Å²) in [7, 11) is -2.96. The van der Waals surface area contributed by atoms with Crippen molar-refractivity contribution in [2.45, 2.75) is 39.3 Å². The van der Waals surface area contributed by atoms with Crippen LogP contribution >= 0.6 is 0 Å². The summed E-state index contributed by atoms with van der Waals surface area (Å²) in [5.41, 5.74) is 5.46. The van der Waals surface area contributed by atoms with E-state index in [0.29, 0.717) is 6.42 Å². The van der Waals surface area contributed by atoms with Crippen LogP contribution in [-0.4, -0.2) is 37.9 Å².